The summed E-state index contributed by atoms with van der Waals surface area (Å²) in [5, 5.41) is 2.92. The first-order valence-corrected chi connectivity index (χ1v) is 9.44. The first-order chi connectivity index (χ1) is 13.5. The maximum Gasteiger partial charge on any atom is 0.414 e. The molecule has 1 N–H and O–H groups in total. The van der Waals surface area contributed by atoms with Gasteiger partial charge in [0.25, 0.3) is 0 Å². The van der Waals surface area contributed by atoms with Crippen LogP contribution < -0.4 is 10.2 Å². The van der Waals surface area contributed by atoms with Crippen molar-refractivity contribution in [2.75, 3.05) is 23.4 Å². The van der Waals surface area contributed by atoms with Gasteiger partial charge in [0.2, 0.25) is 0 Å². The van der Waals surface area contributed by atoms with E-state index in [9.17, 15) is 9.59 Å². The molecule has 2 aliphatic heterocycles. The Morgan fingerprint density at radius 2 is 2.11 bits per heavy atom. The van der Waals surface area contributed by atoms with Gasteiger partial charge >= 0.3 is 12.1 Å². The fraction of sp³-hybridized carbons (Fsp3) is 0.400. The number of amides is 3. The largest absolute Gasteiger partial charge is 0.447 e. The number of cyclic esters (lactones) is 1. The lowest BCUT2D eigenvalue weighted by molar-refractivity contribution is 0.181. The molecule has 4 rings (SSSR count). The number of carbonyl (C=O) groups is 2. The minimum absolute atomic E-state index is 0.233. The maximum absolute atomic E-state index is 12.8. The predicted octanol–water partition coefficient (Wildman–Crippen LogP) is 3.18. The fourth-order valence-corrected chi connectivity index (χ4v) is 3.42. The number of benzene rings is 1. The van der Waals surface area contributed by atoms with Crippen molar-refractivity contribution in [1.82, 2.24) is 14.9 Å². The Bertz CT molecular complexity index is 914. The number of nitrogens with zero attached hydrogens (tertiary/aromatic N) is 4. The van der Waals surface area contributed by atoms with E-state index in [4.69, 9.17) is 4.74 Å². The molecule has 0 radical (unpaired) electrons. The van der Waals surface area contributed by atoms with E-state index in [2.05, 4.69) is 29.1 Å². The van der Waals surface area contributed by atoms with Gasteiger partial charge in [-0.05, 0) is 18.1 Å². The molecule has 2 aromatic rings. The SMILES string of the molecule is CC(C)Cc1ncc2c(n1)CN(C(=O)Nc1ccccc1N1CCOC1=O)C2. The van der Waals surface area contributed by atoms with Crippen molar-refractivity contribution in [2.24, 2.45) is 5.92 Å². The highest BCUT2D eigenvalue weighted by molar-refractivity contribution is 5.99. The van der Waals surface area contributed by atoms with Crippen LogP contribution >= 0.6 is 0 Å². The molecule has 28 heavy (non-hydrogen) atoms. The Kier molecular flexibility index (Phi) is 4.85. The zero-order valence-corrected chi connectivity index (χ0v) is 16.0. The number of anilines is 2. The normalized spacial score (nSPS) is 15.8. The van der Waals surface area contributed by atoms with Crippen LogP contribution in [-0.4, -0.2) is 40.1 Å². The smallest absolute Gasteiger partial charge is 0.414 e. The lowest BCUT2D eigenvalue weighted by Gasteiger charge is -2.20. The van der Waals surface area contributed by atoms with Gasteiger partial charge in [0.05, 0.1) is 36.7 Å². The lowest BCUT2D eigenvalue weighted by Crippen LogP contribution is -2.31. The summed E-state index contributed by atoms with van der Waals surface area (Å²) >= 11 is 0. The van der Waals surface area contributed by atoms with Gasteiger partial charge in [-0.15, -0.1) is 0 Å². The van der Waals surface area contributed by atoms with E-state index in [1.54, 1.807) is 17.0 Å². The van der Waals surface area contributed by atoms with Crippen LogP contribution in [-0.2, 0) is 24.2 Å². The van der Waals surface area contributed by atoms with Crippen LogP contribution in [0.15, 0.2) is 30.5 Å². The molecule has 0 spiro atoms. The Morgan fingerprint density at radius 1 is 1.29 bits per heavy atom. The molecule has 3 amide bonds. The van der Waals surface area contributed by atoms with Gasteiger partial charge in [-0.1, -0.05) is 26.0 Å². The second-order valence-electron chi connectivity index (χ2n) is 7.43. The van der Waals surface area contributed by atoms with E-state index < -0.39 is 6.09 Å². The summed E-state index contributed by atoms with van der Waals surface area (Å²) in [4.78, 5) is 37.0. The zero-order chi connectivity index (χ0) is 19.7. The quantitative estimate of drug-likeness (QED) is 0.879. The van der Waals surface area contributed by atoms with E-state index in [0.717, 1.165) is 23.5 Å². The van der Waals surface area contributed by atoms with Gasteiger partial charge in [-0.25, -0.2) is 19.6 Å². The lowest BCUT2D eigenvalue weighted by atomic mass is 10.1. The summed E-state index contributed by atoms with van der Waals surface area (Å²) in [5.41, 5.74) is 3.08. The van der Waals surface area contributed by atoms with Crippen LogP contribution in [0.4, 0.5) is 21.0 Å². The average Bonchev–Trinajstić information content (AvgIpc) is 3.27. The third-order valence-electron chi connectivity index (χ3n) is 4.78. The summed E-state index contributed by atoms with van der Waals surface area (Å²) in [5.74, 6) is 1.29. The van der Waals surface area contributed by atoms with Crippen molar-refractivity contribution >= 4 is 23.5 Å². The number of para-hydroxylation sites is 2. The number of hydrogen-bond acceptors (Lipinski definition) is 5. The van der Waals surface area contributed by atoms with Gasteiger partial charge in [0, 0.05) is 18.2 Å². The van der Waals surface area contributed by atoms with E-state index >= 15 is 0 Å². The average molecular weight is 381 g/mol. The van der Waals surface area contributed by atoms with Crippen molar-refractivity contribution in [3.05, 3.63) is 47.5 Å². The first-order valence-electron chi connectivity index (χ1n) is 9.44. The Labute approximate surface area is 163 Å². The highest BCUT2D eigenvalue weighted by Gasteiger charge is 2.28. The molecule has 0 bridgehead atoms. The number of nitrogens with one attached hydrogen (secondary N) is 1. The van der Waals surface area contributed by atoms with Gasteiger partial charge in [-0.2, -0.15) is 0 Å². The van der Waals surface area contributed by atoms with Gasteiger partial charge in [0.1, 0.15) is 12.4 Å². The molecular weight excluding hydrogens is 358 g/mol. The molecule has 3 heterocycles. The molecule has 146 valence electrons. The first kappa shape index (κ1) is 18.2. The van der Waals surface area contributed by atoms with Crippen molar-refractivity contribution in [3.8, 4) is 0 Å². The number of ether oxygens (including phenoxy) is 1. The number of carbonyl (C=O) groups excluding carboxylic acids is 2. The third kappa shape index (κ3) is 3.62. The van der Waals surface area contributed by atoms with Crippen molar-refractivity contribution < 1.29 is 14.3 Å². The number of rotatable bonds is 4. The van der Waals surface area contributed by atoms with Crippen molar-refractivity contribution in [1.29, 1.82) is 0 Å². The zero-order valence-electron chi connectivity index (χ0n) is 16.0. The van der Waals surface area contributed by atoms with Crippen LogP contribution in [0.2, 0.25) is 0 Å². The molecule has 0 aliphatic carbocycles. The molecule has 0 atom stereocenters. The molecule has 1 saturated heterocycles. The van der Waals surface area contributed by atoms with Crippen LogP contribution in [0.3, 0.4) is 0 Å². The standard InChI is InChI=1S/C20H23N5O3/c1-13(2)9-18-21-10-14-11-24(12-16(14)22-18)19(26)23-15-5-3-4-6-17(15)25-7-8-28-20(25)27/h3-6,10,13H,7-9,11-12H2,1-2H3,(H,23,26). The molecule has 1 fully saturated rings. The van der Waals surface area contributed by atoms with Crippen LogP contribution in [0.25, 0.3) is 0 Å². The van der Waals surface area contributed by atoms with Crippen LogP contribution in [0, 0.1) is 5.92 Å². The number of aromatic nitrogens is 2. The molecule has 1 aromatic heterocycles. The van der Waals surface area contributed by atoms with Crippen LogP contribution in [0.1, 0.15) is 30.9 Å². The molecule has 0 saturated carbocycles. The molecule has 0 unspecified atom stereocenters. The van der Waals surface area contributed by atoms with E-state index in [0.29, 0.717) is 43.5 Å². The van der Waals surface area contributed by atoms with Crippen molar-refractivity contribution in [2.45, 2.75) is 33.4 Å². The second-order valence-corrected chi connectivity index (χ2v) is 7.43. The maximum atomic E-state index is 12.8. The Balaban J connectivity index is 1.47. The summed E-state index contributed by atoms with van der Waals surface area (Å²) in [6.45, 7) is 5.99. The molecule has 8 heteroatoms. The fourth-order valence-electron chi connectivity index (χ4n) is 3.42. The minimum Gasteiger partial charge on any atom is -0.447 e. The highest BCUT2D eigenvalue weighted by Crippen LogP contribution is 2.29. The predicted molar refractivity (Wildman–Crippen MR) is 104 cm³/mol. The number of urea groups is 1. The van der Waals surface area contributed by atoms with E-state index in [-0.39, 0.29) is 6.03 Å². The Hall–Kier alpha value is -3.16. The van der Waals surface area contributed by atoms with E-state index in [1.165, 1.54) is 4.90 Å². The monoisotopic (exact) mass is 381 g/mol. The van der Waals surface area contributed by atoms with Crippen molar-refractivity contribution in [3.63, 3.8) is 0 Å². The summed E-state index contributed by atoms with van der Waals surface area (Å²) in [7, 11) is 0. The number of fused-ring (bicyclic) bond motifs is 1. The van der Waals surface area contributed by atoms with E-state index in [1.807, 2.05) is 18.3 Å². The second kappa shape index (κ2) is 7.46. The van der Waals surface area contributed by atoms with Gasteiger partial charge < -0.3 is 15.0 Å². The van der Waals surface area contributed by atoms with Crippen LogP contribution in [0.5, 0.6) is 0 Å². The minimum atomic E-state index is -0.400. The molecule has 8 nitrogen and oxygen atoms in total. The summed E-state index contributed by atoms with van der Waals surface area (Å²) in [6.07, 6.45) is 2.24. The summed E-state index contributed by atoms with van der Waals surface area (Å²) in [6, 6.07) is 6.99. The third-order valence-corrected chi connectivity index (χ3v) is 4.78. The van der Waals surface area contributed by atoms with Gasteiger partial charge in [-0.3, -0.25) is 4.90 Å². The number of hydrogen-bond donors (Lipinski definition) is 1. The highest BCUT2D eigenvalue weighted by atomic mass is 16.6. The molecule has 1 aromatic carbocycles. The summed E-state index contributed by atoms with van der Waals surface area (Å²) < 4.78 is 5.01. The molecule has 2 aliphatic rings. The molecular formula is C20H23N5O3. The topological polar surface area (TPSA) is 87.7 Å². The van der Waals surface area contributed by atoms with Gasteiger partial charge in [0.15, 0.2) is 0 Å². The Morgan fingerprint density at radius 3 is 2.86 bits per heavy atom.